The van der Waals surface area contributed by atoms with E-state index in [9.17, 15) is 9.59 Å². The number of fused-ring (bicyclic) bond motifs is 2. The van der Waals surface area contributed by atoms with Crippen LogP contribution < -0.4 is 10.9 Å². The zero-order valence-corrected chi connectivity index (χ0v) is 15.2. The molecule has 0 unspecified atom stereocenters. The van der Waals surface area contributed by atoms with Gasteiger partial charge in [0, 0.05) is 5.39 Å². The summed E-state index contributed by atoms with van der Waals surface area (Å²) in [5.74, 6) is 0.174. The quantitative estimate of drug-likeness (QED) is 0.518. The minimum atomic E-state index is -0.234. The number of benzene rings is 2. The number of aromatic amines is 1. The van der Waals surface area contributed by atoms with E-state index in [1.165, 1.54) is 11.8 Å². The lowest BCUT2D eigenvalue weighted by atomic mass is 10.1. The van der Waals surface area contributed by atoms with Crippen molar-refractivity contribution in [3.05, 3.63) is 64.6 Å². The smallest absolute Gasteiger partial charge is 0.272 e. The number of aromatic nitrogens is 3. The number of amides is 1. The van der Waals surface area contributed by atoms with E-state index in [2.05, 4.69) is 20.5 Å². The summed E-state index contributed by atoms with van der Waals surface area (Å²) in [5, 5.41) is 10.7. The fourth-order valence-electron chi connectivity index (χ4n) is 2.58. The van der Waals surface area contributed by atoms with E-state index in [-0.39, 0.29) is 23.8 Å². The molecule has 8 heteroatoms. The van der Waals surface area contributed by atoms with Crippen molar-refractivity contribution in [2.75, 3.05) is 5.75 Å². The standard InChI is InChI=1S/C18H14N4O2S2/c23-16(10-25-18-20-13-7-3-4-8-15(13)26-18)19-9-14-11-5-1-2-6-12(11)17(24)22-21-14/h1-8H,9-10H2,(H,19,23)(H,22,24). The molecule has 0 radical (unpaired) electrons. The summed E-state index contributed by atoms with van der Waals surface area (Å²) in [7, 11) is 0. The molecular formula is C18H14N4O2S2. The molecule has 130 valence electrons. The summed E-state index contributed by atoms with van der Waals surface area (Å²) < 4.78 is 1.98. The molecular weight excluding hydrogens is 368 g/mol. The van der Waals surface area contributed by atoms with Crippen LogP contribution in [0.15, 0.2) is 57.7 Å². The lowest BCUT2D eigenvalue weighted by Crippen LogP contribution is -2.26. The molecule has 0 atom stereocenters. The molecule has 6 nitrogen and oxygen atoms in total. The van der Waals surface area contributed by atoms with E-state index in [4.69, 9.17) is 0 Å². The van der Waals surface area contributed by atoms with Gasteiger partial charge < -0.3 is 5.32 Å². The summed E-state index contributed by atoms with van der Waals surface area (Å²) in [6.45, 7) is 0.260. The van der Waals surface area contributed by atoms with Crippen LogP contribution in [0.3, 0.4) is 0 Å². The van der Waals surface area contributed by atoms with Gasteiger partial charge in [0.05, 0.1) is 33.6 Å². The van der Waals surface area contributed by atoms with Crippen LogP contribution in [-0.4, -0.2) is 26.8 Å². The Morgan fingerprint density at radius 2 is 1.88 bits per heavy atom. The number of nitrogens with one attached hydrogen (secondary N) is 2. The number of carbonyl (C=O) groups excluding carboxylic acids is 1. The van der Waals surface area contributed by atoms with Crippen LogP contribution in [-0.2, 0) is 11.3 Å². The molecule has 0 saturated heterocycles. The molecule has 0 bridgehead atoms. The molecule has 0 fully saturated rings. The number of carbonyl (C=O) groups is 1. The molecule has 0 aliphatic heterocycles. The molecule has 4 rings (SSSR count). The number of thioether (sulfide) groups is 1. The van der Waals surface area contributed by atoms with Crippen molar-refractivity contribution in [1.29, 1.82) is 0 Å². The maximum atomic E-state index is 12.2. The summed E-state index contributed by atoms with van der Waals surface area (Å²) in [6, 6.07) is 15.1. The number of hydrogen-bond donors (Lipinski definition) is 2. The molecule has 2 heterocycles. The Bertz CT molecular complexity index is 1120. The van der Waals surface area contributed by atoms with Gasteiger partial charge in [-0.3, -0.25) is 9.59 Å². The molecule has 1 amide bonds. The Labute approximate surface area is 156 Å². The molecule has 0 spiro atoms. The van der Waals surface area contributed by atoms with Crippen molar-refractivity contribution in [2.45, 2.75) is 10.9 Å². The molecule has 0 aliphatic carbocycles. The van der Waals surface area contributed by atoms with Crippen molar-refractivity contribution in [3.8, 4) is 0 Å². The molecule has 4 aromatic rings. The summed E-state index contributed by atoms with van der Waals surface area (Å²) in [4.78, 5) is 28.4. The second kappa shape index (κ2) is 7.27. The number of nitrogens with zero attached hydrogens (tertiary/aromatic N) is 2. The Hall–Kier alpha value is -2.71. The second-order valence-corrected chi connectivity index (χ2v) is 7.81. The maximum Gasteiger partial charge on any atom is 0.272 e. The molecule has 2 aromatic heterocycles. The summed E-state index contributed by atoms with van der Waals surface area (Å²) >= 11 is 2.99. The highest BCUT2D eigenvalue weighted by Crippen LogP contribution is 2.29. The minimum absolute atomic E-state index is 0.105. The van der Waals surface area contributed by atoms with Gasteiger partial charge in [0.1, 0.15) is 0 Å². The molecule has 0 aliphatic rings. The average Bonchev–Trinajstić information content (AvgIpc) is 3.09. The van der Waals surface area contributed by atoms with Gasteiger partial charge in [-0.1, -0.05) is 42.1 Å². The Morgan fingerprint density at radius 1 is 1.12 bits per heavy atom. The van der Waals surface area contributed by atoms with Crippen molar-refractivity contribution in [3.63, 3.8) is 0 Å². The van der Waals surface area contributed by atoms with Crippen molar-refractivity contribution in [2.24, 2.45) is 0 Å². The van der Waals surface area contributed by atoms with Crippen molar-refractivity contribution >= 4 is 50.0 Å². The monoisotopic (exact) mass is 382 g/mol. The number of H-pyrrole nitrogens is 1. The van der Waals surface area contributed by atoms with Gasteiger partial charge >= 0.3 is 0 Å². The van der Waals surface area contributed by atoms with Crippen LogP contribution in [0.25, 0.3) is 21.0 Å². The van der Waals surface area contributed by atoms with Crippen LogP contribution >= 0.6 is 23.1 Å². The third kappa shape index (κ3) is 3.47. The minimum Gasteiger partial charge on any atom is -0.350 e. The maximum absolute atomic E-state index is 12.2. The van der Waals surface area contributed by atoms with Crippen molar-refractivity contribution in [1.82, 2.24) is 20.5 Å². The van der Waals surface area contributed by atoms with E-state index >= 15 is 0 Å². The van der Waals surface area contributed by atoms with E-state index in [1.54, 1.807) is 23.5 Å². The summed E-state index contributed by atoms with van der Waals surface area (Å²) in [6.07, 6.45) is 0. The van der Waals surface area contributed by atoms with Gasteiger partial charge in [-0.25, -0.2) is 10.1 Å². The van der Waals surface area contributed by atoms with Crippen LogP contribution in [0.5, 0.6) is 0 Å². The highest BCUT2D eigenvalue weighted by atomic mass is 32.2. The van der Waals surface area contributed by atoms with Crippen LogP contribution in [0.1, 0.15) is 5.69 Å². The Balaban J connectivity index is 1.40. The number of para-hydroxylation sites is 1. The average molecular weight is 382 g/mol. The van der Waals surface area contributed by atoms with Gasteiger partial charge in [0.2, 0.25) is 5.91 Å². The Kier molecular flexibility index (Phi) is 4.68. The lowest BCUT2D eigenvalue weighted by molar-refractivity contribution is -0.118. The van der Waals surface area contributed by atoms with E-state index in [1.807, 2.05) is 36.4 Å². The first-order chi connectivity index (χ1) is 12.7. The van der Waals surface area contributed by atoms with E-state index in [0.29, 0.717) is 11.1 Å². The fraction of sp³-hybridized carbons (Fsp3) is 0.111. The first kappa shape index (κ1) is 16.7. The largest absolute Gasteiger partial charge is 0.350 e. The van der Waals surface area contributed by atoms with Crippen LogP contribution in [0.2, 0.25) is 0 Å². The van der Waals surface area contributed by atoms with Crippen LogP contribution in [0, 0.1) is 0 Å². The van der Waals surface area contributed by atoms with Gasteiger partial charge in [-0.2, -0.15) is 5.10 Å². The normalized spacial score (nSPS) is 11.1. The fourth-order valence-corrected chi connectivity index (χ4v) is 4.48. The van der Waals surface area contributed by atoms with E-state index < -0.39 is 0 Å². The number of hydrogen-bond acceptors (Lipinski definition) is 6. The highest BCUT2D eigenvalue weighted by Gasteiger charge is 2.10. The van der Waals surface area contributed by atoms with Gasteiger partial charge in [-0.05, 0) is 18.2 Å². The number of rotatable bonds is 5. The first-order valence-corrected chi connectivity index (χ1v) is 9.72. The van der Waals surface area contributed by atoms with E-state index in [0.717, 1.165) is 19.9 Å². The molecule has 0 saturated carbocycles. The zero-order chi connectivity index (χ0) is 17.9. The zero-order valence-electron chi connectivity index (χ0n) is 13.6. The van der Waals surface area contributed by atoms with Gasteiger partial charge in [0.25, 0.3) is 5.56 Å². The first-order valence-electron chi connectivity index (χ1n) is 7.92. The van der Waals surface area contributed by atoms with Crippen molar-refractivity contribution < 1.29 is 4.79 Å². The highest BCUT2D eigenvalue weighted by molar-refractivity contribution is 8.01. The van der Waals surface area contributed by atoms with Crippen LogP contribution in [0.4, 0.5) is 0 Å². The number of thiazole rings is 1. The predicted molar refractivity (Wildman–Crippen MR) is 105 cm³/mol. The Morgan fingerprint density at radius 3 is 2.73 bits per heavy atom. The topological polar surface area (TPSA) is 87.7 Å². The van der Waals surface area contributed by atoms with Gasteiger partial charge in [0.15, 0.2) is 4.34 Å². The SMILES string of the molecule is O=C(CSc1nc2ccccc2s1)NCc1n[nH]c(=O)c2ccccc12. The molecule has 2 aromatic carbocycles. The predicted octanol–water partition coefficient (Wildman–Crippen LogP) is 2.94. The van der Waals surface area contributed by atoms with Gasteiger partial charge in [-0.15, -0.1) is 11.3 Å². The molecule has 26 heavy (non-hydrogen) atoms. The lowest BCUT2D eigenvalue weighted by Gasteiger charge is -2.06. The summed E-state index contributed by atoms with van der Waals surface area (Å²) in [5.41, 5.74) is 1.35. The third-order valence-corrected chi connectivity index (χ3v) is 6.01. The second-order valence-electron chi connectivity index (χ2n) is 5.56. The molecule has 2 N–H and O–H groups in total. The third-order valence-electron chi connectivity index (χ3n) is 3.83.